The van der Waals surface area contributed by atoms with Crippen molar-refractivity contribution in [2.24, 2.45) is 12.5 Å². The Morgan fingerprint density at radius 2 is 2.00 bits per heavy atom. The average Bonchev–Trinajstić information content (AvgIpc) is 2.61. The number of nitrogens with zero attached hydrogens (tertiary/aromatic N) is 2. The first kappa shape index (κ1) is 16.2. The van der Waals surface area contributed by atoms with Gasteiger partial charge in [-0.25, -0.2) is 0 Å². The molecule has 0 saturated heterocycles. The third kappa shape index (κ3) is 3.60. The van der Waals surface area contributed by atoms with E-state index in [0.717, 1.165) is 17.4 Å². The lowest BCUT2D eigenvalue weighted by Crippen LogP contribution is -2.26. The summed E-state index contributed by atoms with van der Waals surface area (Å²) in [5.74, 6) is 0. The summed E-state index contributed by atoms with van der Waals surface area (Å²) in [4.78, 5) is 0. The van der Waals surface area contributed by atoms with Crippen LogP contribution in [0.5, 0.6) is 0 Å². The molecular weight excluding hydrogens is 356 g/mol. The molecule has 1 rings (SSSR count). The van der Waals surface area contributed by atoms with E-state index in [4.69, 9.17) is 0 Å². The molecule has 0 aliphatic rings. The average molecular weight is 380 g/mol. The summed E-state index contributed by atoms with van der Waals surface area (Å²) in [5.41, 5.74) is 2.77. The molecule has 0 saturated carbocycles. The van der Waals surface area contributed by atoms with E-state index in [-0.39, 0.29) is 0 Å². The van der Waals surface area contributed by atoms with Crippen LogP contribution in [0.3, 0.4) is 0 Å². The number of hydrogen-bond acceptors (Lipinski definition) is 1. The summed E-state index contributed by atoms with van der Waals surface area (Å²) < 4.78 is 3.21. The van der Waals surface area contributed by atoms with Crippen molar-refractivity contribution in [3.63, 3.8) is 0 Å². The first-order chi connectivity index (χ1) is 8.49. The Hall–Kier alpha value is 0.170. The number of aromatic nitrogens is 2. The van der Waals surface area contributed by atoms with Gasteiger partial charge in [0.2, 0.25) is 0 Å². The highest BCUT2D eigenvalue weighted by Gasteiger charge is 2.29. The Labute approximate surface area is 128 Å². The Balaban J connectivity index is 2.95. The smallest absolute Gasteiger partial charge is 0.0738 e. The van der Waals surface area contributed by atoms with Crippen LogP contribution in [0, 0.1) is 12.3 Å². The van der Waals surface area contributed by atoms with Crippen molar-refractivity contribution in [1.29, 1.82) is 0 Å². The van der Waals surface area contributed by atoms with Crippen LogP contribution in [0.4, 0.5) is 0 Å². The second kappa shape index (κ2) is 7.09. The molecule has 0 radical (unpaired) electrons. The molecule has 18 heavy (non-hydrogen) atoms. The summed E-state index contributed by atoms with van der Waals surface area (Å²) in [7, 11) is 2.04. The molecule has 0 spiro atoms. The molecule has 104 valence electrons. The van der Waals surface area contributed by atoms with Crippen LogP contribution in [0.2, 0.25) is 0 Å². The van der Waals surface area contributed by atoms with E-state index in [1.165, 1.54) is 35.8 Å². The van der Waals surface area contributed by atoms with Crippen LogP contribution in [0.1, 0.15) is 50.9 Å². The van der Waals surface area contributed by atoms with Gasteiger partial charge in [0.05, 0.1) is 15.9 Å². The van der Waals surface area contributed by atoms with Gasteiger partial charge in [0.15, 0.2) is 0 Å². The van der Waals surface area contributed by atoms with E-state index >= 15 is 0 Å². The lowest BCUT2D eigenvalue weighted by Gasteiger charge is -2.31. The molecule has 1 aromatic heterocycles. The standard InChI is InChI=1S/C14H24Br2N2/c1-5-7-8-14(6-2,10-15)9-12-13(16)11(3)17-18(12)4/h5-10H2,1-4H3. The third-order valence-corrected chi connectivity index (χ3v) is 6.12. The first-order valence-electron chi connectivity index (χ1n) is 6.73. The van der Waals surface area contributed by atoms with E-state index in [1.807, 2.05) is 11.7 Å². The summed E-state index contributed by atoms with van der Waals surface area (Å²) in [6, 6.07) is 0. The van der Waals surface area contributed by atoms with Gasteiger partial charge in [0.1, 0.15) is 0 Å². The molecule has 1 unspecified atom stereocenters. The largest absolute Gasteiger partial charge is 0.271 e. The maximum Gasteiger partial charge on any atom is 0.0738 e. The Morgan fingerprint density at radius 3 is 2.39 bits per heavy atom. The quantitative estimate of drug-likeness (QED) is 0.608. The number of unbranched alkanes of at least 4 members (excludes halogenated alkanes) is 1. The molecule has 0 bridgehead atoms. The molecule has 1 heterocycles. The fourth-order valence-corrected chi connectivity index (χ4v) is 3.73. The first-order valence-corrected chi connectivity index (χ1v) is 8.65. The molecule has 1 atom stereocenters. The van der Waals surface area contributed by atoms with Crippen LogP contribution in [-0.2, 0) is 13.5 Å². The zero-order valence-electron chi connectivity index (χ0n) is 11.9. The van der Waals surface area contributed by atoms with Crippen LogP contribution < -0.4 is 0 Å². The van der Waals surface area contributed by atoms with Gasteiger partial charge >= 0.3 is 0 Å². The molecule has 0 N–H and O–H groups in total. The number of rotatable bonds is 7. The van der Waals surface area contributed by atoms with Crippen molar-refractivity contribution in [3.8, 4) is 0 Å². The molecule has 1 aromatic rings. The van der Waals surface area contributed by atoms with Crippen LogP contribution in [-0.4, -0.2) is 15.1 Å². The minimum atomic E-state index is 0.360. The Morgan fingerprint density at radius 1 is 1.33 bits per heavy atom. The number of halogens is 2. The Bertz CT molecular complexity index is 381. The molecule has 0 fully saturated rings. The van der Waals surface area contributed by atoms with Gasteiger partial charge in [-0.1, -0.05) is 42.6 Å². The highest BCUT2D eigenvalue weighted by atomic mass is 79.9. The normalized spacial score (nSPS) is 14.8. The zero-order valence-corrected chi connectivity index (χ0v) is 15.1. The van der Waals surface area contributed by atoms with Gasteiger partial charge in [0.25, 0.3) is 0 Å². The van der Waals surface area contributed by atoms with Gasteiger partial charge in [-0.05, 0) is 47.5 Å². The maximum atomic E-state index is 4.50. The molecular formula is C14H24Br2N2. The maximum absolute atomic E-state index is 4.50. The number of aryl methyl sites for hydroxylation is 2. The predicted octanol–water partition coefficient (Wildman–Crippen LogP) is 5.02. The minimum absolute atomic E-state index is 0.360. The SMILES string of the molecule is CCCCC(CC)(CBr)Cc1c(Br)c(C)nn1C. The fraction of sp³-hybridized carbons (Fsp3) is 0.786. The molecule has 0 aromatic carbocycles. The number of alkyl halides is 1. The summed E-state index contributed by atoms with van der Waals surface area (Å²) in [5, 5.41) is 5.56. The van der Waals surface area contributed by atoms with Crippen molar-refractivity contribution in [2.75, 3.05) is 5.33 Å². The highest BCUT2D eigenvalue weighted by Crippen LogP contribution is 2.37. The number of hydrogen-bond donors (Lipinski definition) is 0. The fourth-order valence-electron chi connectivity index (χ4n) is 2.38. The highest BCUT2D eigenvalue weighted by molar-refractivity contribution is 9.10. The van der Waals surface area contributed by atoms with E-state index in [9.17, 15) is 0 Å². The second-order valence-electron chi connectivity index (χ2n) is 5.24. The molecule has 0 aliphatic heterocycles. The topological polar surface area (TPSA) is 17.8 Å². The van der Waals surface area contributed by atoms with Crippen LogP contribution in [0.15, 0.2) is 4.47 Å². The van der Waals surface area contributed by atoms with Crippen molar-refractivity contribution in [3.05, 3.63) is 15.9 Å². The monoisotopic (exact) mass is 378 g/mol. The summed E-state index contributed by atoms with van der Waals surface area (Å²) in [6.07, 6.45) is 6.14. The third-order valence-electron chi connectivity index (χ3n) is 3.90. The molecule has 2 nitrogen and oxygen atoms in total. The van der Waals surface area contributed by atoms with E-state index in [2.05, 4.69) is 57.7 Å². The van der Waals surface area contributed by atoms with Crippen molar-refractivity contribution >= 4 is 31.9 Å². The van der Waals surface area contributed by atoms with Crippen molar-refractivity contribution in [2.45, 2.75) is 52.9 Å². The molecule has 0 amide bonds. The lowest BCUT2D eigenvalue weighted by molar-refractivity contribution is 0.277. The summed E-state index contributed by atoms with van der Waals surface area (Å²) in [6.45, 7) is 6.62. The van der Waals surface area contributed by atoms with Gasteiger partial charge in [0, 0.05) is 12.4 Å². The van der Waals surface area contributed by atoms with Crippen molar-refractivity contribution in [1.82, 2.24) is 9.78 Å². The van der Waals surface area contributed by atoms with Gasteiger partial charge < -0.3 is 0 Å². The van der Waals surface area contributed by atoms with E-state index in [0.29, 0.717) is 5.41 Å². The van der Waals surface area contributed by atoms with Gasteiger partial charge in [-0.15, -0.1) is 0 Å². The zero-order chi connectivity index (χ0) is 13.8. The second-order valence-corrected chi connectivity index (χ2v) is 6.59. The minimum Gasteiger partial charge on any atom is -0.271 e. The van der Waals surface area contributed by atoms with Crippen LogP contribution >= 0.6 is 31.9 Å². The molecule has 4 heteroatoms. The van der Waals surface area contributed by atoms with Crippen LogP contribution in [0.25, 0.3) is 0 Å². The predicted molar refractivity (Wildman–Crippen MR) is 85.4 cm³/mol. The van der Waals surface area contributed by atoms with E-state index < -0.39 is 0 Å². The van der Waals surface area contributed by atoms with Crippen molar-refractivity contribution < 1.29 is 0 Å². The van der Waals surface area contributed by atoms with Gasteiger partial charge in [-0.3, -0.25) is 4.68 Å². The summed E-state index contributed by atoms with van der Waals surface area (Å²) >= 11 is 7.41. The Kier molecular flexibility index (Phi) is 6.39. The molecule has 0 aliphatic carbocycles. The lowest BCUT2D eigenvalue weighted by atomic mass is 9.78. The van der Waals surface area contributed by atoms with E-state index in [1.54, 1.807) is 0 Å². The van der Waals surface area contributed by atoms with Gasteiger partial charge in [-0.2, -0.15) is 5.10 Å².